The summed E-state index contributed by atoms with van der Waals surface area (Å²) in [5.74, 6) is 0.273. The van der Waals surface area contributed by atoms with Crippen molar-refractivity contribution in [3.8, 4) is 0 Å². The fourth-order valence-corrected chi connectivity index (χ4v) is 3.67. The number of carbonyl (C=O) groups excluding carboxylic acids is 2. The fraction of sp³-hybridized carbons (Fsp3) is 0.706. The Morgan fingerprint density at radius 2 is 2.12 bits per heavy atom. The van der Waals surface area contributed by atoms with E-state index in [1.807, 2.05) is 0 Å². The summed E-state index contributed by atoms with van der Waals surface area (Å²) in [4.78, 5) is 36.1. The van der Waals surface area contributed by atoms with E-state index in [-0.39, 0.29) is 11.9 Å². The second kappa shape index (κ2) is 7.34. The van der Waals surface area contributed by atoms with Gasteiger partial charge in [0.05, 0.1) is 31.4 Å². The van der Waals surface area contributed by atoms with Gasteiger partial charge in [-0.3, -0.25) is 4.79 Å². The molecule has 3 heterocycles. The minimum atomic E-state index is -0.559. The summed E-state index contributed by atoms with van der Waals surface area (Å²) in [6, 6.07) is -0.559. The lowest BCUT2D eigenvalue weighted by molar-refractivity contribution is -0.154. The van der Waals surface area contributed by atoms with Crippen LogP contribution in [0.1, 0.15) is 37.1 Å². The Morgan fingerprint density at radius 1 is 1.38 bits per heavy atom. The lowest BCUT2D eigenvalue weighted by Gasteiger charge is -2.34. The second-order valence-electron chi connectivity index (χ2n) is 6.88. The number of rotatable bonds is 4. The average molecular weight is 334 g/mol. The lowest BCUT2D eigenvalue weighted by Crippen LogP contribution is -2.49. The van der Waals surface area contributed by atoms with Gasteiger partial charge in [0, 0.05) is 12.8 Å². The van der Waals surface area contributed by atoms with Crippen LogP contribution in [-0.2, 0) is 27.3 Å². The van der Waals surface area contributed by atoms with Crippen LogP contribution < -0.4 is 0 Å². The monoisotopic (exact) mass is 334 g/mol. The Bertz CT molecular complexity index is 592. The molecule has 1 atom stereocenters. The van der Waals surface area contributed by atoms with Crippen molar-refractivity contribution >= 4 is 11.9 Å². The van der Waals surface area contributed by atoms with Gasteiger partial charge in [-0.05, 0) is 45.3 Å². The van der Waals surface area contributed by atoms with Crippen molar-refractivity contribution in [1.29, 1.82) is 0 Å². The number of ether oxygens (including phenoxy) is 1. The summed E-state index contributed by atoms with van der Waals surface area (Å²) in [6.07, 6.45) is 5.72. The van der Waals surface area contributed by atoms with E-state index in [2.05, 4.69) is 21.9 Å². The molecule has 1 saturated heterocycles. The van der Waals surface area contributed by atoms with Gasteiger partial charge in [0.25, 0.3) is 0 Å². The number of likely N-dealkylation sites (tertiary alicyclic amines) is 1. The topological polar surface area (TPSA) is 78.5 Å². The van der Waals surface area contributed by atoms with E-state index in [9.17, 15) is 9.59 Å². The first-order valence-corrected chi connectivity index (χ1v) is 8.65. The largest absolute Gasteiger partial charge is 0.467 e. The summed E-state index contributed by atoms with van der Waals surface area (Å²) in [5.41, 5.74) is 1.77. The van der Waals surface area contributed by atoms with Gasteiger partial charge in [-0.15, -0.1) is 0 Å². The van der Waals surface area contributed by atoms with Gasteiger partial charge < -0.3 is 19.5 Å². The first-order valence-electron chi connectivity index (χ1n) is 8.65. The molecule has 24 heavy (non-hydrogen) atoms. The zero-order valence-electron chi connectivity index (χ0n) is 14.5. The first-order chi connectivity index (χ1) is 11.6. The number of aromatic nitrogens is 2. The molecule has 3 rings (SSSR count). The smallest absolute Gasteiger partial charge is 0.329 e. The minimum Gasteiger partial charge on any atom is -0.467 e. The molecule has 7 nitrogen and oxygen atoms in total. The van der Waals surface area contributed by atoms with Crippen LogP contribution in [0.5, 0.6) is 0 Å². The Kier molecular flexibility index (Phi) is 5.18. The molecule has 7 heteroatoms. The molecule has 2 aliphatic heterocycles. The number of aromatic amines is 1. The van der Waals surface area contributed by atoms with E-state index >= 15 is 0 Å². The Hall–Kier alpha value is -1.89. The van der Waals surface area contributed by atoms with Crippen molar-refractivity contribution in [2.75, 3.05) is 27.2 Å². The SMILES string of the molecule is COC(=O)C1Cc2nc[nH]c2CN1C(=O)CCC1CCN(C)CC1. The van der Waals surface area contributed by atoms with Crippen LogP contribution in [0, 0.1) is 5.92 Å². The highest BCUT2D eigenvalue weighted by Crippen LogP contribution is 2.25. The molecule has 2 aliphatic rings. The number of carbonyl (C=O) groups is 2. The molecule has 0 radical (unpaired) electrons. The molecule has 1 aromatic rings. The van der Waals surface area contributed by atoms with E-state index in [1.165, 1.54) is 7.11 Å². The van der Waals surface area contributed by atoms with Gasteiger partial charge >= 0.3 is 5.97 Å². The number of piperidine rings is 1. The quantitative estimate of drug-likeness (QED) is 0.830. The summed E-state index contributed by atoms with van der Waals surface area (Å²) in [6.45, 7) is 2.61. The molecule has 0 aliphatic carbocycles. The number of H-pyrrole nitrogens is 1. The molecule has 0 spiro atoms. The predicted molar refractivity (Wildman–Crippen MR) is 88.1 cm³/mol. The highest BCUT2D eigenvalue weighted by Gasteiger charge is 2.36. The highest BCUT2D eigenvalue weighted by molar-refractivity contribution is 5.85. The number of amides is 1. The van der Waals surface area contributed by atoms with Crippen LogP contribution in [0.3, 0.4) is 0 Å². The Morgan fingerprint density at radius 3 is 2.83 bits per heavy atom. The maximum atomic E-state index is 12.7. The van der Waals surface area contributed by atoms with Gasteiger partial charge in [0.15, 0.2) is 0 Å². The maximum Gasteiger partial charge on any atom is 0.329 e. The van der Waals surface area contributed by atoms with Crippen molar-refractivity contribution in [3.05, 3.63) is 17.7 Å². The summed E-state index contributed by atoms with van der Waals surface area (Å²) in [5, 5.41) is 0. The zero-order valence-corrected chi connectivity index (χ0v) is 14.5. The average Bonchev–Trinajstić information content (AvgIpc) is 3.06. The van der Waals surface area contributed by atoms with E-state index in [1.54, 1.807) is 11.2 Å². The third kappa shape index (κ3) is 3.61. The standard InChI is InChI=1S/C17H26N4O3/c1-20-7-5-12(6-8-20)3-4-16(22)21-10-14-13(18-11-19-14)9-15(21)17(23)24-2/h11-12,15H,3-10H2,1-2H3,(H,18,19). The van der Waals surface area contributed by atoms with Crippen LogP contribution in [0.2, 0.25) is 0 Å². The number of esters is 1. The van der Waals surface area contributed by atoms with Gasteiger partial charge in [-0.1, -0.05) is 0 Å². The van der Waals surface area contributed by atoms with Crippen molar-refractivity contribution < 1.29 is 14.3 Å². The summed E-state index contributed by atoms with van der Waals surface area (Å²) >= 11 is 0. The van der Waals surface area contributed by atoms with Crippen molar-refractivity contribution in [1.82, 2.24) is 19.8 Å². The van der Waals surface area contributed by atoms with Gasteiger partial charge in [0.1, 0.15) is 6.04 Å². The van der Waals surface area contributed by atoms with Crippen molar-refractivity contribution in [3.63, 3.8) is 0 Å². The minimum absolute atomic E-state index is 0.0320. The molecule has 0 aromatic carbocycles. The van der Waals surface area contributed by atoms with Crippen molar-refractivity contribution in [2.24, 2.45) is 5.92 Å². The van der Waals surface area contributed by atoms with Crippen LogP contribution in [0.15, 0.2) is 6.33 Å². The second-order valence-corrected chi connectivity index (χ2v) is 6.88. The molecule has 0 bridgehead atoms. The third-order valence-corrected chi connectivity index (χ3v) is 5.30. The molecule has 1 amide bonds. The maximum absolute atomic E-state index is 12.7. The van der Waals surface area contributed by atoms with E-state index < -0.39 is 6.04 Å². The summed E-state index contributed by atoms with van der Waals surface area (Å²) < 4.78 is 4.89. The van der Waals surface area contributed by atoms with Crippen LogP contribution in [-0.4, -0.2) is 64.9 Å². The Balaban J connectivity index is 1.62. The molecule has 132 valence electrons. The Labute approximate surface area is 142 Å². The summed E-state index contributed by atoms with van der Waals surface area (Å²) in [7, 11) is 3.50. The number of methoxy groups -OCH3 is 1. The van der Waals surface area contributed by atoms with Gasteiger partial charge in [-0.25, -0.2) is 9.78 Å². The van der Waals surface area contributed by atoms with Crippen LogP contribution in [0.4, 0.5) is 0 Å². The fourth-order valence-electron chi connectivity index (χ4n) is 3.67. The molecule has 1 N–H and O–H groups in total. The van der Waals surface area contributed by atoms with E-state index in [0.29, 0.717) is 25.3 Å². The van der Waals surface area contributed by atoms with E-state index in [4.69, 9.17) is 4.74 Å². The number of fused-ring (bicyclic) bond motifs is 1. The molecular formula is C17H26N4O3. The highest BCUT2D eigenvalue weighted by atomic mass is 16.5. The number of hydrogen-bond donors (Lipinski definition) is 1. The third-order valence-electron chi connectivity index (χ3n) is 5.30. The number of nitrogens with one attached hydrogen (secondary N) is 1. The predicted octanol–water partition coefficient (Wildman–Crippen LogP) is 0.958. The molecule has 1 aromatic heterocycles. The lowest BCUT2D eigenvalue weighted by atomic mass is 9.92. The van der Waals surface area contributed by atoms with E-state index in [0.717, 1.165) is 43.7 Å². The van der Waals surface area contributed by atoms with Crippen LogP contribution in [0.25, 0.3) is 0 Å². The first kappa shape index (κ1) is 17.0. The number of hydrogen-bond acceptors (Lipinski definition) is 5. The van der Waals surface area contributed by atoms with Crippen molar-refractivity contribution in [2.45, 2.75) is 44.7 Å². The molecule has 1 fully saturated rings. The number of imidazole rings is 1. The molecule has 0 saturated carbocycles. The van der Waals surface area contributed by atoms with Gasteiger partial charge in [0.2, 0.25) is 5.91 Å². The molecular weight excluding hydrogens is 308 g/mol. The number of nitrogens with zero attached hydrogens (tertiary/aromatic N) is 3. The molecule has 1 unspecified atom stereocenters. The van der Waals surface area contributed by atoms with Gasteiger partial charge in [-0.2, -0.15) is 0 Å². The van der Waals surface area contributed by atoms with Crippen LogP contribution >= 0.6 is 0 Å². The zero-order chi connectivity index (χ0) is 17.1. The normalized spacial score (nSPS) is 22.2.